The second-order valence-corrected chi connectivity index (χ2v) is 5.83. The summed E-state index contributed by atoms with van der Waals surface area (Å²) in [5.74, 6) is -3.45. The Bertz CT molecular complexity index is 902. The summed E-state index contributed by atoms with van der Waals surface area (Å²) >= 11 is 0. The SMILES string of the molecule is CCOC(=O)[C@](NC(=O)c1cccnc1)(Nc1ccccc1C(F)(F)F)C(F)(F)F. The molecule has 0 saturated carbocycles. The number of rotatable bonds is 6. The molecule has 1 aromatic heterocycles. The van der Waals surface area contributed by atoms with Crippen molar-refractivity contribution in [3.8, 4) is 0 Å². The van der Waals surface area contributed by atoms with E-state index in [1.54, 1.807) is 0 Å². The van der Waals surface area contributed by atoms with Gasteiger partial charge in [0.05, 0.1) is 17.7 Å². The first-order valence-electron chi connectivity index (χ1n) is 8.33. The maximum absolute atomic E-state index is 14.1. The molecular weight excluding hydrogens is 420 g/mol. The van der Waals surface area contributed by atoms with Crippen molar-refractivity contribution in [3.63, 3.8) is 0 Å². The smallest absolute Gasteiger partial charge is 0.441 e. The molecule has 0 spiro atoms. The summed E-state index contributed by atoms with van der Waals surface area (Å²) in [5.41, 5.74) is -6.92. The third-order valence-corrected chi connectivity index (χ3v) is 3.79. The Morgan fingerprint density at radius 2 is 1.70 bits per heavy atom. The number of amides is 1. The number of carbonyl (C=O) groups excluding carboxylic acids is 2. The van der Waals surface area contributed by atoms with Crippen LogP contribution in [0.1, 0.15) is 22.8 Å². The maximum atomic E-state index is 14.1. The van der Waals surface area contributed by atoms with E-state index in [9.17, 15) is 35.9 Å². The zero-order valence-corrected chi connectivity index (χ0v) is 15.3. The van der Waals surface area contributed by atoms with Gasteiger partial charge >= 0.3 is 24.0 Å². The summed E-state index contributed by atoms with van der Waals surface area (Å²) in [4.78, 5) is 28.3. The van der Waals surface area contributed by atoms with Crippen LogP contribution in [0.5, 0.6) is 0 Å². The molecule has 2 aromatic rings. The number of alkyl halides is 6. The fourth-order valence-corrected chi connectivity index (χ4v) is 2.41. The number of carbonyl (C=O) groups is 2. The minimum atomic E-state index is -5.59. The Morgan fingerprint density at radius 1 is 1.03 bits per heavy atom. The summed E-state index contributed by atoms with van der Waals surface area (Å²) < 4.78 is 86.4. The van der Waals surface area contributed by atoms with E-state index in [1.807, 2.05) is 0 Å². The lowest BCUT2D eigenvalue weighted by atomic mass is 10.1. The topological polar surface area (TPSA) is 80.3 Å². The van der Waals surface area contributed by atoms with Crippen molar-refractivity contribution in [1.82, 2.24) is 10.3 Å². The van der Waals surface area contributed by atoms with Crippen LogP contribution in [0.2, 0.25) is 0 Å². The maximum Gasteiger partial charge on any atom is 0.441 e. The molecule has 0 fully saturated rings. The molecule has 0 saturated heterocycles. The van der Waals surface area contributed by atoms with Gasteiger partial charge in [0, 0.05) is 18.1 Å². The van der Waals surface area contributed by atoms with Crippen molar-refractivity contribution in [2.75, 3.05) is 11.9 Å². The standard InChI is InChI=1S/C18H15F6N3O3/c1-2-30-15(29)16(18(22,23)24,27-14(28)11-6-5-9-25-10-11)26-13-8-4-3-7-12(13)17(19,20)21/h3-10,26H,2H2,1H3,(H,27,28)/t16-/m1/s1. The van der Waals surface area contributed by atoms with Gasteiger partial charge in [0.25, 0.3) is 5.91 Å². The van der Waals surface area contributed by atoms with E-state index < -0.39 is 47.7 Å². The van der Waals surface area contributed by atoms with Gasteiger partial charge in [0.1, 0.15) is 0 Å². The predicted octanol–water partition coefficient (Wildman–Crippen LogP) is 3.76. The fourth-order valence-electron chi connectivity index (χ4n) is 2.41. The summed E-state index contributed by atoms with van der Waals surface area (Å²) in [7, 11) is 0. The van der Waals surface area contributed by atoms with Crippen molar-refractivity contribution in [1.29, 1.82) is 0 Å². The van der Waals surface area contributed by atoms with E-state index in [-0.39, 0.29) is 5.56 Å². The van der Waals surface area contributed by atoms with Crippen molar-refractivity contribution >= 4 is 17.6 Å². The van der Waals surface area contributed by atoms with Crippen LogP contribution in [0.25, 0.3) is 0 Å². The minimum absolute atomic E-state index is 0.360. The monoisotopic (exact) mass is 435 g/mol. The van der Waals surface area contributed by atoms with Gasteiger partial charge in [-0.25, -0.2) is 4.79 Å². The van der Waals surface area contributed by atoms with Crippen molar-refractivity contribution in [3.05, 3.63) is 59.9 Å². The van der Waals surface area contributed by atoms with Crippen LogP contribution in [0.15, 0.2) is 48.8 Å². The van der Waals surface area contributed by atoms with Crippen LogP contribution in [0.4, 0.5) is 32.0 Å². The molecule has 162 valence electrons. The van der Waals surface area contributed by atoms with Gasteiger partial charge in [0.15, 0.2) is 0 Å². The lowest BCUT2D eigenvalue weighted by molar-refractivity contribution is -0.204. The molecule has 0 radical (unpaired) electrons. The van der Waals surface area contributed by atoms with Crippen molar-refractivity contribution in [2.24, 2.45) is 0 Å². The summed E-state index contributed by atoms with van der Waals surface area (Å²) in [6, 6.07) is 5.57. The molecule has 0 aliphatic heterocycles. The number of nitrogens with one attached hydrogen (secondary N) is 2. The van der Waals surface area contributed by atoms with Crippen LogP contribution in [0, 0.1) is 0 Å². The van der Waals surface area contributed by atoms with E-state index >= 15 is 0 Å². The normalized spacial score (nSPS) is 13.8. The van der Waals surface area contributed by atoms with Crippen molar-refractivity contribution < 1.29 is 40.7 Å². The van der Waals surface area contributed by atoms with E-state index in [4.69, 9.17) is 0 Å². The molecule has 1 aromatic carbocycles. The second-order valence-electron chi connectivity index (χ2n) is 5.83. The van der Waals surface area contributed by atoms with E-state index in [2.05, 4.69) is 9.72 Å². The van der Waals surface area contributed by atoms with Crippen LogP contribution < -0.4 is 10.6 Å². The van der Waals surface area contributed by atoms with Crippen molar-refractivity contribution in [2.45, 2.75) is 24.9 Å². The molecule has 1 amide bonds. The number of ether oxygens (including phenoxy) is 1. The minimum Gasteiger partial charge on any atom is -0.463 e. The highest BCUT2D eigenvalue weighted by molar-refractivity contribution is 5.99. The van der Waals surface area contributed by atoms with Gasteiger partial charge in [-0.15, -0.1) is 0 Å². The number of hydrogen-bond acceptors (Lipinski definition) is 5. The summed E-state index contributed by atoms with van der Waals surface area (Å²) in [6.07, 6.45) is -8.46. The Kier molecular flexibility index (Phi) is 6.58. The Hall–Kier alpha value is -3.31. The number of benzene rings is 1. The van der Waals surface area contributed by atoms with Gasteiger partial charge in [-0.2, -0.15) is 26.3 Å². The number of anilines is 1. The molecular formula is C18H15F6N3O3. The largest absolute Gasteiger partial charge is 0.463 e. The highest BCUT2D eigenvalue weighted by atomic mass is 19.4. The molecule has 1 heterocycles. The number of para-hydroxylation sites is 1. The number of nitrogens with zero attached hydrogens (tertiary/aromatic N) is 1. The molecule has 1 atom stereocenters. The molecule has 2 rings (SSSR count). The third kappa shape index (κ3) is 4.81. The van der Waals surface area contributed by atoms with Gasteiger partial charge < -0.3 is 15.4 Å². The van der Waals surface area contributed by atoms with Gasteiger partial charge in [-0.05, 0) is 31.2 Å². The molecule has 0 aliphatic rings. The molecule has 0 bridgehead atoms. The molecule has 12 heteroatoms. The predicted molar refractivity (Wildman–Crippen MR) is 92.2 cm³/mol. The first kappa shape index (κ1) is 23.0. The molecule has 2 N–H and O–H groups in total. The number of pyridine rings is 1. The number of halogens is 6. The zero-order chi connectivity index (χ0) is 22.6. The number of hydrogen-bond donors (Lipinski definition) is 2. The van der Waals surface area contributed by atoms with E-state index in [1.165, 1.54) is 29.8 Å². The molecule has 6 nitrogen and oxygen atoms in total. The molecule has 30 heavy (non-hydrogen) atoms. The highest BCUT2D eigenvalue weighted by Gasteiger charge is 2.64. The Balaban J connectivity index is 2.61. The first-order chi connectivity index (χ1) is 13.9. The van der Waals surface area contributed by atoms with Crippen LogP contribution in [-0.4, -0.2) is 35.3 Å². The Labute approximate surface area is 166 Å². The highest BCUT2D eigenvalue weighted by Crippen LogP contribution is 2.39. The average Bonchev–Trinajstić information content (AvgIpc) is 2.67. The number of aromatic nitrogens is 1. The lowest BCUT2D eigenvalue weighted by Gasteiger charge is -2.36. The molecule has 0 aliphatic carbocycles. The zero-order valence-electron chi connectivity index (χ0n) is 15.3. The summed E-state index contributed by atoms with van der Waals surface area (Å²) in [6.45, 7) is 0.674. The van der Waals surface area contributed by atoms with Gasteiger partial charge in [0.2, 0.25) is 0 Å². The van der Waals surface area contributed by atoms with Gasteiger partial charge in [-0.3, -0.25) is 9.78 Å². The quantitative estimate of drug-likeness (QED) is 0.410. The van der Waals surface area contributed by atoms with Gasteiger partial charge in [-0.1, -0.05) is 12.1 Å². The fraction of sp³-hybridized carbons (Fsp3) is 0.278. The molecule has 0 unspecified atom stereocenters. The van der Waals surface area contributed by atoms with Crippen LogP contribution >= 0.6 is 0 Å². The average molecular weight is 435 g/mol. The van der Waals surface area contributed by atoms with E-state index in [0.717, 1.165) is 24.4 Å². The summed E-state index contributed by atoms with van der Waals surface area (Å²) in [5, 5.41) is 2.96. The lowest BCUT2D eigenvalue weighted by Crippen LogP contribution is -2.69. The van der Waals surface area contributed by atoms with Crippen LogP contribution in [0.3, 0.4) is 0 Å². The number of esters is 1. The van der Waals surface area contributed by atoms with Crippen LogP contribution in [-0.2, 0) is 15.7 Å². The van der Waals surface area contributed by atoms with E-state index in [0.29, 0.717) is 12.1 Å². The first-order valence-corrected chi connectivity index (χ1v) is 8.33. The Morgan fingerprint density at radius 3 is 2.23 bits per heavy atom. The second kappa shape index (κ2) is 8.59. The third-order valence-electron chi connectivity index (χ3n) is 3.79.